The van der Waals surface area contributed by atoms with Crippen molar-refractivity contribution in [2.45, 2.75) is 51.9 Å². The first-order valence-electron chi connectivity index (χ1n) is 7.50. The summed E-state index contributed by atoms with van der Waals surface area (Å²) in [4.78, 5) is 13.0. The van der Waals surface area contributed by atoms with Crippen LogP contribution in [0.25, 0.3) is 0 Å². The van der Waals surface area contributed by atoms with Crippen LogP contribution in [-0.2, 0) is 4.79 Å². The highest BCUT2D eigenvalue weighted by Crippen LogP contribution is 2.29. The SMILES string of the molecule is CC1CCC(CCNCCCC(=O)N(C)C)CC1. The van der Waals surface area contributed by atoms with Crippen molar-refractivity contribution in [2.24, 2.45) is 11.8 Å². The normalized spacial score (nSPS) is 23.9. The van der Waals surface area contributed by atoms with E-state index in [9.17, 15) is 4.79 Å². The summed E-state index contributed by atoms with van der Waals surface area (Å²) in [5.41, 5.74) is 0. The molecule has 0 unspecified atom stereocenters. The van der Waals surface area contributed by atoms with Gasteiger partial charge in [-0.1, -0.05) is 32.6 Å². The van der Waals surface area contributed by atoms with E-state index in [4.69, 9.17) is 0 Å². The minimum absolute atomic E-state index is 0.234. The zero-order valence-electron chi connectivity index (χ0n) is 12.4. The van der Waals surface area contributed by atoms with Crippen LogP contribution in [0, 0.1) is 11.8 Å². The molecule has 0 heterocycles. The van der Waals surface area contributed by atoms with Crippen molar-refractivity contribution in [3.05, 3.63) is 0 Å². The summed E-state index contributed by atoms with van der Waals surface area (Å²) in [6, 6.07) is 0. The Morgan fingerprint density at radius 2 is 1.83 bits per heavy atom. The first-order chi connectivity index (χ1) is 8.59. The Bertz CT molecular complexity index is 233. The molecule has 1 N–H and O–H groups in total. The van der Waals surface area contributed by atoms with Crippen LogP contribution in [0.2, 0.25) is 0 Å². The molecule has 0 aromatic rings. The number of amides is 1. The molecule has 1 amide bonds. The van der Waals surface area contributed by atoms with Gasteiger partial charge in [-0.2, -0.15) is 0 Å². The Labute approximate surface area is 112 Å². The third-order valence-electron chi connectivity index (χ3n) is 4.11. The van der Waals surface area contributed by atoms with E-state index in [0.717, 1.165) is 31.3 Å². The van der Waals surface area contributed by atoms with Crippen molar-refractivity contribution in [3.8, 4) is 0 Å². The zero-order chi connectivity index (χ0) is 13.4. The third kappa shape index (κ3) is 6.39. The van der Waals surface area contributed by atoms with Crippen molar-refractivity contribution in [3.63, 3.8) is 0 Å². The van der Waals surface area contributed by atoms with Crippen LogP contribution in [0.5, 0.6) is 0 Å². The molecule has 1 aliphatic rings. The second kappa shape index (κ2) is 8.52. The maximum Gasteiger partial charge on any atom is 0.222 e. The Balaban J connectivity index is 1.91. The molecule has 0 spiro atoms. The number of nitrogens with zero attached hydrogens (tertiary/aromatic N) is 1. The van der Waals surface area contributed by atoms with Crippen molar-refractivity contribution in [1.29, 1.82) is 0 Å². The van der Waals surface area contributed by atoms with E-state index in [-0.39, 0.29) is 5.91 Å². The number of nitrogens with one attached hydrogen (secondary N) is 1. The summed E-state index contributed by atoms with van der Waals surface area (Å²) < 4.78 is 0. The van der Waals surface area contributed by atoms with Crippen LogP contribution in [0.15, 0.2) is 0 Å². The highest BCUT2D eigenvalue weighted by molar-refractivity contribution is 5.75. The number of rotatable bonds is 7. The van der Waals surface area contributed by atoms with Crippen LogP contribution in [-0.4, -0.2) is 38.0 Å². The average Bonchev–Trinajstić information content (AvgIpc) is 2.35. The van der Waals surface area contributed by atoms with Crippen molar-refractivity contribution in [2.75, 3.05) is 27.2 Å². The monoisotopic (exact) mass is 254 g/mol. The van der Waals surface area contributed by atoms with Gasteiger partial charge in [0.05, 0.1) is 0 Å². The smallest absolute Gasteiger partial charge is 0.222 e. The van der Waals surface area contributed by atoms with Gasteiger partial charge in [0.25, 0.3) is 0 Å². The van der Waals surface area contributed by atoms with Gasteiger partial charge in [0.15, 0.2) is 0 Å². The van der Waals surface area contributed by atoms with Crippen LogP contribution in [0.3, 0.4) is 0 Å². The summed E-state index contributed by atoms with van der Waals surface area (Å²) in [6.45, 7) is 4.47. The molecule has 0 atom stereocenters. The van der Waals surface area contributed by atoms with E-state index < -0.39 is 0 Å². The molecule has 0 bridgehead atoms. The van der Waals surface area contributed by atoms with Gasteiger partial charge in [-0.3, -0.25) is 4.79 Å². The molecular weight excluding hydrogens is 224 g/mol. The molecule has 0 radical (unpaired) electrons. The summed E-state index contributed by atoms with van der Waals surface area (Å²) in [5, 5.41) is 3.47. The summed E-state index contributed by atoms with van der Waals surface area (Å²) in [6.07, 6.45) is 8.61. The standard InChI is InChI=1S/C15H30N2O/c1-13-6-8-14(9-7-13)10-12-16-11-4-5-15(18)17(2)3/h13-14,16H,4-12H2,1-3H3. The zero-order valence-corrected chi connectivity index (χ0v) is 12.4. The quantitative estimate of drug-likeness (QED) is 0.708. The maximum absolute atomic E-state index is 11.4. The molecule has 0 aromatic carbocycles. The van der Waals surface area contributed by atoms with Crippen molar-refractivity contribution in [1.82, 2.24) is 10.2 Å². The number of carbonyl (C=O) groups excluding carboxylic acids is 1. The lowest BCUT2D eigenvalue weighted by molar-refractivity contribution is -0.128. The molecule has 0 saturated heterocycles. The highest BCUT2D eigenvalue weighted by Gasteiger charge is 2.17. The minimum atomic E-state index is 0.234. The van der Waals surface area contributed by atoms with Crippen LogP contribution in [0.1, 0.15) is 51.9 Å². The maximum atomic E-state index is 11.4. The summed E-state index contributed by atoms with van der Waals surface area (Å²) in [5.74, 6) is 2.13. The second-order valence-electron chi connectivity index (χ2n) is 6.06. The topological polar surface area (TPSA) is 32.3 Å². The Hall–Kier alpha value is -0.570. The predicted molar refractivity (Wildman–Crippen MR) is 76.5 cm³/mol. The van der Waals surface area contributed by atoms with Gasteiger partial charge in [-0.15, -0.1) is 0 Å². The number of carbonyl (C=O) groups is 1. The highest BCUT2D eigenvalue weighted by atomic mass is 16.2. The van der Waals surface area contributed by atoms with Gasteiger partial charge in [0, 0.05) is 20.5 Å². The Kier molecular flexibility index (Phi) is 7.33. The van der Waals surface area contributed by atoms with E-state index >= 15 is 0 Å². The van der Waals surface area contributed by atoms with E-state index in [2.05, 4.69) is 12.2 Å². The van der Waals surface area contributed by atoms with E-state index in [1.165, 1.54) is 32.1 Å². The molecule has 0 aromatic heterocycles. The first-order valence-corrected chi connectivity index (χ1v) is 7.50. The first kappa shape index (κ1) is 15.5. The fraction of sp³-hybridized carbons (Fsp3) is 0.933. The lowest BCUT2D eigenvalue weighted by Crippen LogP contribution is -2.25. The molecule has 1 aliphatic carbocycles. The van der Waals surface area contributed by atoms with Gasteiger partial charge in [-0.25, -0.2) is 0 Å². The number of hydrogen-bond acceptors (Lipinski definition) is 2. The molecule has 3 nitrogen and oxygen atoms in total. The van der Waals surface area contributed by atoms with Crippen LogP contribution >= 0.6 is 0 Å². The molecule has 1 rings (SSSR count). The fourth-order valence-electron chi connectivity index (χ4n) is 2.64. The largest absolute Gasteiger partial charge is 0.349 e. The van der Waals surface area contributed by atoms with Gasteiger partial charge in [-0.05, 0) is 37.8 Å². The molecular formula is C15H30N2O. The Morgan fingerprint density at radius 3 is 2.44 bits per heavy atom. The summed E-state index contributed by atoms with van der Waals surface area (Å²) >= 11 is 0. The van der Waals surface area contributed by atoms with Gasteiger partial charge >= 0.3 is 0 Å². The molecule has 106 valence electrons. The molecule has 1 saturated carbocycles. The van der Waals surface area contributed by atoms with E-state index in [1.54, 1.807) is 4.90 Å². The van der Waals surface area contributed by atoms with Crippen molar-refractivity contribution < 1.29 is 4.79 Å². The predicted octanol–water partition coefficient (Wildman–Crippen LogP) is 2.66. The molecule has 0 aliphatic heterocycles. The van der Waals surface area contributed by atoms with Gasteiger partial charge < -0.3 is 10.2 Å². The van der Waals surface area contributed by atoms with Crippen LogP contribution < -0.4 is 5.32 Å². The fourth-order valence-corrected chi connectivity index (χ4v) is 2.64. The molecule has 18 heavy (non-hydrogen) atoms. The lowest BCUT2D eigenvalue weighted by Gasteiger charge is -2.26. The van der Waals surface area contributed by atoms with Crippen molar-refractivity contribution >= 4 is 5.91 Å². The molecule has 3 heteroatoms. The van der Waals surface area contributed by atoms with Crippen LogP contribution in [0.4, 0.5) is 0 Å². The van der Waals surface area contributed by atoms with Gasteiger partial charge in [0.2, 0.25) is 5.91 Å². The lowest BCUT2D eigenvalue weighted by atomic mass is 9.81. The van der Waals surface area contributed by atoms with E-state index in [0.29, 0.717) is 6.42 Å². The van der Waals surface area contributed by atoms with Gasteiger partial charge in [0.1, 0.15) is 0 Å². The minimum Gasteiger partial charge on any atom is -0.349 e. The average molecular weight is 254 g/mol. The number of hydrogen-bond donors (Lipinski definition) is 1. The Morgan fingerprint density at radius 1 is 1.17 bits per heavy atom. The summed E-state index contributed by atoms with van der Waals surface area (Å²) in [7, 11) is 3.64. The van der Waals surface area contributed by atoms with E-state index in [1.807, 2.05) is 14.1 Å². The molecule has 1 fully saturated rings. The second-order valence-corrected chi connectivity index (χ2v) is 6.06. The third-order valence-corrected chi connectivity index (χ3v) is 4.11.